The number of rotatable bonds is 1. The first-order valence-electron chi connectivity index (χ1n) is 2.30. The van der Waals surface area contributed by atoms with Gasteiger partial charge in [0, 0.05) is 0 Å². The van der Waals surface area contributed by atoms with Crippen LogP contribution in [0.3, 0.4) is 0 Å². The van der Waals surface area contributed by atoms with Crippen LogP contribution in [0.1, 0.15) is 5.56 Å². The Morgan fingerprint density at radius 3 is 2.78 bits per heavy atom. The van der Waals surface area contributed by atoms with Crippen molar-refractivity contribution in [3.8, 4) is 0 Å². The molecular formula is C5H6N2O2. The van der Waals surface area contributed by atoms with E-state index < -0.39 is 0 Å². The first-order valence-corrected chi connectivity index (χ1v) is 2.30. The summed E-state index contributed by atoms with van der Waals surface area (Å²) in [6.07, 6.45) is 1.30. The first kappa shape index (κ1) is 5.68. The lowest BCUT2D eigenvalue weighted by molar-refractivity contribution is 0.435. The predicted octanol–water partition coefficient (Wildman–Crippen LogP) is 0.786. The molecule has 9 heavy (non-hydrogen) atoms. The Kier molecular flexibility index (Phi) is 1.14. The number of anilines is 1. The highest BCUT2D eigenvalue weighted by Gasteiger charge is 2.04. The van der Waals surface area contributed by atoms with Crippen molar-refractivity contribution in [1.82, 2.24) is 5.16 Å². The summed E-state index contributed by atoms with van der Waals surface area (Å²) < 4.78 is 4.43. The van der Waals surface area contributed by atoms with Gasteiger partial charge in [-0.05, 0) is 0 Å². The number of hydrogen-bond donors (Lipinski definition) is 2. The molecular weight excluding hydrogens is 120 g/mol. The Hall–Kier alpha value is -1.45. The summed E-state index contributed by atoms with van der Waals surface area (Å²) in [6.45, 7) is 3.23. The van der Waals surface area contributed by atoms with Crippen LogP contribution < -0.4 is 5.73 Å². The predicted molar refractivity (Wildman–Crippen MR) is 32.6 cm³/mol. The average molecular weight is 126 g/mol. The van der Waals surface area contributed by atoms with Crippen LogP contribution in [0.25, 0.3) is 5.76 Å². The number of aromatic nitrogens is 1. The summed E-state index contributed by atoms with van der Waals surface area (Å²) in [4.78, 5) is 0. The lowest BCUT2D eigenvalue weighted by atomic mass is 10.3. The molecule has 1 rings (SSSR count). The highest BCUT2D eigenvalue weighted by Crippen LogP contribution is 2.15. The highest BCUT2D eigenvalue weighted by molar-refractivity contribution is 5.63. The molecule has 0 spiro atoms. The molecule has 0 aliphatic heterocycles. The van der Waals surface area contributed by atoms with Crippen LogP contribution in [-0.2, 0) is 0 Å². The molecule has 1 aromatic heterocycles. The number of nitrogens with two attached hydrogens (primary N) is 1. The molecule has 0 aromatic carbocycles. The van der Waals surface area contributed by atoms with E-state index in [2.05, 4.69) is 16.3 Å². The fourth-order valence-electron chi connectivity index (χ4n) is 0.465. The molecule has 0 amide bonds. The molecule has 0 fully saturated rings. The zero-order valence-corrected chi connectivity index (χ0v) is 4.66. The Labute approximate surface area is 51.6 Å². The molecule has 1 heterocycles. The minimum atomic E-state index is -0.131. The van der Waals surface area contributed by atoms with Crippen LogP contribution in [0, 0.1) is 0 Å². The van der Waals surface area contributed by atoms with E-state index in [9.17, 15) is 0 Å². The van der Waals surface area contributed by atoms with E-state index in [1.807, 2.05) is 0 Å². The Morgan fingerprint density at radius 2 is 2.56 bits per heavy atom. The Balaban J connectivity index is 3.08. The number of aliphatic hydroxyl groups excluding tert-OH is 1. The van der Waals surface area contributed by atoms with Crippen molar-refractivity contribution in [2.75, 3.05) is 5.73 Å². The average Bonchev–Trinajstić information content (AvgIpc) is 2.13. The zero-order chi connectivity index (χ0) is 6.85. The maximum Gasteiger partial charge on any atom is 0.233 e. The summed E-state index contributed by atoms with van der Waals surface area (Å²) in [6, 6.07) is 0. The van der Waals surface area contributed by atoms with Gasteiger partial charge in [-0.1, -0.05) is 11.7 Å². The topological polar surface area (TPSA) is 72.3 Å². The van der Waals surface area contributed by atoms with Gasteiger partial charge in [-0.15, -0.1) is 0 Å². The van der Waals surface area contributed by atoms with Crippen LogP contribution >= 0.6 is 0 Å². The van der Waals surface area contributed by atoms with Crippen LogP contribution in [0.4, 0.5) is 5.88 Å². The molecule has 48 valence electrons. The van der Waals surface area contributed by atoms with Gasteiger partial charge in [-0.2, -0.15) is 0 Å². The van der Waals surface area contributed by atoms with Gasteiger partial charge in [0.15, 0.2) is 0 Å². The summed E-state index contributed by atoms with van der Waals surface area (Å²) in [5.41, 5.74) is 5.53. The lowest BCUT2D eigenvalue weighted by Crippen LogP contribution is -1.86. The van der Waals surface area contributed by atoms with Crippen LogP contribution in [-0.4, -0.2) is 10.3 Å². The van der Waals surface area contributed by atoms with Gasteiger partial charge in [0.25, 0.3) is 0 Å². The van der Waals surface area contributed by atoms with E-state index in [4.69, 9.17) is 10.8 Å². The molecule has 0 aliphatic carbocycles. The molecule has 0 radical (unpaired) electrons. The largest absolute Gasteiger partial charge is 0.508 e. The molecule has 0 saturated heterocycles. The minimum absolute atomic E-state index is 0.0856. The number of hydrogen-bond acceptors (Lipinski definition) is 4. The third kappa shape index (κ3) is 0.861. The standard InChI is InChI=1S/C5H6N2O2/c1-3(8)4-2-7-9-5(4)6/h2,8H,1,6H2. The van der Waals surface area contributed by atoms with Gasteiger partial charge in [-0.25, -0.2) is 0 Å². The van der Waals surface area contributed by atoms with Gasteiger partial charge in [0.05, 0.1) is 11.8 Å². The van der Waals surface area contributed by atoms with E-state index in [-0.39, 0.29) is 11.6 Å². The van der Waals surface area contributed by atoms with Crippen molar-refractivity contribution in [2.45, 2.75) is 0 Å². The molecule has 4 heteroatoms. The molecule has 0 bridgehead atoms. The quantitative estimate of drug-likeness (QED) is 0.545. The van der Waals surface area contributed by atoms with Gasteiger partial charge in [-0.3, -0.25) is 0 Å². The summed E-state index contributed by atoms with van der Waals surface area (Å²) >= 11 is 0. The Morgan fingerprint density at radius 1 is 1.89 bits per heavy atom. The van der Waals surface area contributed by atoms with Crippen molar-refractivity contribution in [3.63, 3.8) is 0 Å². The highest BCUT2D eigenvalue weighted by atomic mass is 16.5. The minimum Gasteiger partial charge on any atom is -0.508 e. The second-order valence-electron chi connectivity index (χ2n) is 1.55. The maximum atomic E-state index is 8.72. The normalized spacial score (nSPS) is 9.33. The van der Waals surface area contributed by atoms with Crippen molar-refractivity contribution in [3.05, 3.63) is 18.3 Å². The Bertz CT molecular complexity index is 229. The van der Waals surface area contributed by atoms with Gasteiger partial charge in [0.1, 0.15) is 5.76 Å². The van der Waals surface area contributed by atoms with E-state index in [0.717, 1.165) is 0 Å². The van der Waals surface area contributed by atoms with Crippen molar-refractivity contribution in [1.29, 1.82) is 0 Å². The van der Waals surface area contributed by atoms with E-state index >= 15 is 0 Å². The van der Waals surface area contributed by atoms with Crippen molar-refractivity contribution >= 4 is 11.6 Å². The molecule has 0 saturated carbocycles. The second-order valence-corrected chi connectivity index (χ2v) is 1.55. The van der Waals surface area contributed by atoms with E-state index in [1.54, 1.807) is 0 Å². The maximum absolute atomic E-state index is 8.72. The van der Waals surface area contributed by atoms with Crippen molar-refractivity contribution < 1.29 is 9.63 Å². The number of nitrogen functional groups attached to an aromatic ring is 1. The van der Waals surface area contributed by atoms with E-state index in [1.165, 1.54) is 6.20 Å². The summed E-state index contributed by atoms with van der Waals surface area (Å²) in [5, 5.41) is 12.0. The fourth-order valence-corrected chi connectivity index (χ4v) is 0.465. The fraction of sp³-hybridized carbons (Fsp3) is 0. The van der Waals surface area contributed by atoms with Crippen LogP contribution in [0.15, 0.2) is 17.3 Å². The molecule has 4 nitrogen and oxygen atoms in total. The SMILES string of the molecule is C=C(O)c1cnoc1N. The second kappa shape index (κ2) is 1.81. The number of nitrogens with zero attached hydrogens (tertiary/aromatic N) is 1. The smallest absolute Gasteiger partial charge is 0.233 e. The molecule has 0 aliphatic rings. The third-order valence-corrected chi connectivity index (χ3v) is 0.909. The van der Waals surface area contributed by atoms with Crippen molar-refractivity contribution in [2.24, 2.45) is 0 Å². The monoisotopic (exact) mass is 126 g/mol. The lowest BCUT2D eigenvalue weighted by Gasteiger charge is -1.88. The van der Waals surface area contributed by atoms with Crippen LogP contribution in [0.2, 0.25) is 0 Å². The summed E-state index contributed by atoms with van der Waals surface area (Å²) in [5.74, 6) is -0.0451. The van der Waals surface area contributed by atoms with Gasteiger partial charge >= 0.3 is 0 Å². The van der Waals surface area contributed by atoms with Crippen LogP contribution in [0.5, 0.6) is 0 Å². The van der Waals surface area contributed by atoms with E-state index in [0.29, 0.717) is 5.56 Å². The molecule has 1 aromatic rings. The molecule has 3 N–H and O–H groups in total. The number of aliphatic hydroxyl groups is 1. The third-order valence-electron chi connectivity index (χ3n) is 0.909. The zero-order valence-electron chi connectivity index (χ0n) is 4.66. The first-order chi connectivity index (χ1) is 4.22. The molecule has 0 atom stereocenters. The molecule has 0 unspecified atom stereocenters. The van der Waals surface area contributed by atoms with Gasteiger partial charge < -0.3 is 15.4 Å². The summed E-state index contributed by atoms with van der Waals surface area (Å²) in [7, 11) is 0. The van der Waals surface area contributed by atoms with Gasteiger partial charge in [0.2, 0.25) is 5.88 Å².